The second-order valence-corrected chi connectivity index (χ2v) is 8.50. The number of quaternary nitrogens is 1. The highest BCUT2D eigenvalue weighted by Crippen LogP contribution is 2.11. The highest BCUT2D eigenvalue weighted by Gasteiger charge is 2.20. The van der Waals surface area contributed by atoms with E-state index in [1.54, 1.807) is 0 Å². The molecule has 1 rings (SSSR count). The number of carbonyl (C=O) groups excluding carboxylic acids is 1. The number of esters is 1. The number of hydrogen-bond acceptors (Lipinski definition) is 2. The fourth-order valence-electron chi connectivity index (χ4n) is 3.39. The Balaban J connectivity index is 0.00000784. The molecule has 4 heteroatoms. The van der Waals surface area contributed by atoms with Crippen molar-refractivity contribution in [3.05, 3.63) is 42.0 Å². The van der Waals surface area contributed by atoms with Crippen molar-refractivity contribution in [1.29, 1.82) is 0 Å². The molecule has 166 valence electrons. The van der Waals surface area contributed by atoms with Gasteiger partial charge in [0.1, 0.15) is 6.61 Å². The van der Waals surface area contributed by atoms with Crippen molar-refractivity contribution >= 4 is 24.5 Å². The van der Waals surface area contributed by atoms with Gasteiger partial charge in [-0.1, -0.05) is 94.7 Å². The van der Waals surface area contributed by atoms with Crippen molar-refractivity contribution in [2.45, 2.75) is 71.1 Å². The van der Waals surface area contributed by atoms with Crippen LogP contribution in [0.15, 0.2) is 36.4 Å². The van der Waals surface area contributed by atoms with Crippen molar-refractivity contribution in [3.63, 3.8) is 0 Å². The predicted molar refractivity (Wildman–Crippen MR) is 127 cm³/mol. The van der Waals surface area contributed by atoms with Gasteiger partial charge in [-0.15, -0.1) is 12.4 Å². The maximum Gasteiger partial charge on any atom is 0.362 e. The Morgan fingerprint density at radius 1 is 0.897 bits per heavy atom. The molecule has 0 aliphatic rings. The zero-order valence-corrected chi connectivity index (χ0v) is 19.7. The summed E-state index contributed by atoms with van der Waals surface area (Å²) in [6.45, 7) is 4.08. The Morgan fingerprint density at radius 2 is 1.45 bits per heavy atom. The predicted octanol–water partition coefficient (Wildman–Crippen LogP) is 6.66. The zero-order chi connectivity index (χ0) is 20.5. The number of nitrogens with zero attached hydrogens (tertiary/aromatic N) is 1. The lowest BCUT2D eigenvalue weighted by molar-refractivity contribution is -0.883. The van der Waals surface area contributed by atoms with Crippen LogP contribution in [0.25, 0.3) is 6.08 Å². The number of unbranched alkanes of at least 4 members (excludes halogenated alkanes) is 9. The molecule has 0 N–H and O–H groups in total. The van der Waals surface area contributed by atoms with E-state index < -0.39 is 0 Å². The van der Waals surface area contributed by atoms with Gasteiger partial charge in [-0.3, -0.25) is 0 Å². The SMILES string of the molecule is CCCCCCCCCCCC[N+](C)(C)CC(=O)OC/C=C/c1ccccc1.Cl. The summed E-state index contributed by atoms with van der Waals surface area (Å²) >= 11 is 0. The van der Waals surface area contributed by atoms with E-state index in [0.717, 1.165) is 12.1 Å². The van der Waals surface area contributed by atoms with Gasteiger partial charge in [0.15, 0.2) is 6.54 Å². The molecule has 0 bridgehead atoms. The van der Waals surface area contributed by atoms with Gasteiger partial charge in [0, 0.05) is 0 Å². The van der Waals surface area contributed by atoms with Gasteiger partial charge in [0.25, 0.3) is 0 Å². The van der Waals surface area contributed by atoms with Crippen molar-refractivity contribution in [2.75, 3.05) is 33.8 Å². The molecule has 0 aliphatic carbocycles. The third-order valence-electron chi connectivity index (χ3n) is 5.12. The molecule has 1 aromatic rings. The average Bonchev–Trinajstić information content (AvgIpc) is 2.67. The van der Waals surface area contributed by atoms with E-state index in [1.165, 1.54) is 64.2 Å². The van der Waals surface area contributed by atoms with Gasteiger partial charge in [0.05, 0.1) is 20.6 Å². The van der Waals surface area contributed by atoms with E-state index in [4.69, 9.17) is 4.74 Å². The summed E-state index contributed by atoms with van der Waals surface area (Å²) in [5, 5.41) is 0. The highest BCUT2D eigenvalue weighted by atomic mass is 35.5. The number of likely N-dealkylation sites (N-methyl/N-ethyl adjacent to an activating group) is 1. The largest absolute Gasteiger partial charge is 0.457 e. The van der Waals surface area contributed by atoms with Crippen LogP contribution in [0, 0.1) is 0 Å². The molecule has 0 saturated carbocycles. The van der Waals surface area contributed by atoms with E-state index in [2.05, 4.69) is 21.0 Å². The molecule has 0 amide bonds. The molecule has 0 aromatic heterocycles. The van der Waals surface area contributed by atoms with Crippen LogP contribution in [-0.2, 0) is 9.53 Å². The Hall–Kier alpha value is -1.32. The molecule has 1 aromatic carbocycles. The molecule has 0 fully saturated rings. The Bertz CT molecular complexity index is 543. The number of halogens is 1. The van der Waals surface area contributed by atoms with E-state index in [0.29, 0.717) is 17.6 Å². The van der Waals surface area contributed by atoms with Crippen LogP contribution in [0.3, 0.4) is 0 Å². The first-order chi connectivity index (χ1) is 13.5. The summed E-state index contributed by atoms with van der Waals surface area (Å²) in [5.74, 6) is -0.116. The fraction of sp³-hybridized carbons (Fsp3) is 0.640. The molecule has 3 nitrogen and oxygen atoms in total. The molecule has 0 spiro atoms. The van der Waals surface area contributed by atoms with Gasteiger partial charge < -0.3 is 9.22 Å². The van der Waals surface area contributed by atoms with E-state index in [-0.39, 0.29) is 18.4 Å². The van der Waals surface area contributed by atoms with Gasteiger partial charge in [-0.05, 0) is 24.5 Å². The molecular formula is C25H43ClNO2+. The van der Waals surface area contributed by atoms with Crippen LogP contribution in [0.4, 0.5) is 0 Å². The molecule has 0 radical (unpaired) electrons. The van der Waals surface area contributed by atoms with Crippen molar-refractivity contribution in [2.24, 2.45) is 0 Å². The lowest BCUT2D eigenvalue weighted by Crippen LogP contribution is -2.45. The lowest BCUT2D eigenvalue weighted by Gasteiger charge is -2.28. The van der Waals surface area contributed by atoms with Crippen LogP contribution < -0.4 is 0 Å². The maximum absolute atomic E-state index is 12.1. The fourth-order valence-corrected chi connectivity index (χ4v) is 3.39. The van der Waals surface area contributed by atoms with Crippen molar-refractivity contribution in [3.8, 4) is 0 Å². The summed E-state index contributed by atoms with van der Waals surface area (Å²) < 4.78 is 6.06. The summed E-state index contributed by atoms with van der Waals surface area (Å²) in [7, 11) is 4.24. The molecule has 0 heterocycles. The van der Waals surface area contributed by atoms with E-state index in [9.17, 15) is 4.79 Å². The quantitative estimate of drug-likeness (QED) is 0.168. The first-order valence-electron chi connectivity index (χ1n) is 11.2. The summed E-state index contributed by atoms with van der Waals surface area (Å²) in [4.78, 5) is 12.1. The molecular weight excluding hydrogens is 382 g/mol. The zero-order valence-electron chi connectivity index (χ0n) is 18.9. The number of rotatable bonds is 16. The molecule has 0 unspecified atom stereocenters. The van der Waals surface area contributed by atoms with Gasteiger partial charge >= 0.3 is 5.97 Å². The third kappa shape index (κ3) is 16.2. The van der Waals surface area contributed by atoms with Crippen LogP contribution in [0.1, 0.15) is 76.7 Å². The molecule has 0 atom stereocenters. The minimum Gasteiger partial charge on any atom is -0.457 e. The van der Waals surface area contributed by atoms with E-state index >= 15 is 0 Å². The number of benzene rings is 1. The van der Waals surface area contributed by atoms with Crippen LogP contribution in [-0.4, -0.2) is 44.2 Å². The van der Waals surface area contributed by atoms with E-state index in [1.807, 2.05) is 42.5 Å². The lowest BCUT2D eigenvalue weighted by atomic mass is 10.1. The number of carbonyl (C=O) groups is 1. The molecule has 29 heavy (non-hydrogen) atoms. The number of hydrogen-bond donors (Lipinski definition) is 0. The summed E-state index contributed by atoms with van der Waals surface area (Å²) in [6.07, 6.45) is 17.3. The number of ether oxygens (including phenoxy) is 1. The Morgan fingerprint density at radius 3 is 2.03 bits per heavy atom. The monoisotopic (exact) mass is 424 g/mol. The normalized spacial score (nSPS) is 11.4. The van der Waals surface area contributed by atoms with Gasteiger partial charge in [-0.25, -0.2) is 4.79 Å². The maximum atomic E-state index is 12.1. The smallest absolute Gasteiger partial charge is 0.362 e. The average molecular weight is 425 g/mol. The first-order valence-corrected chi connectivity index (χ1v) is 11.2. The van der Waals surface area contributed by atoms with Crippen molar-refractivity contribution in [1.82, 2.24) is 0 Å². The van der Waals surface area contributed by atoms with Crippen LogP contribution in [0.5, 0.6) is 0 Å². The second-order valence-electron chi connectivity index (χ2n) is 8.50. The molecule has 0 aliphatic heterocycles. The van der Waals surface area contributed by atoms with Crippen LogP contribution in [0.2, 0.25) is 0 Å². The van der Waals surface area contributed by atoms with Crippen molar-refractivity contribution < 1.29 is 14.0 Å². The Kier molecular flexibility index (Phi) is 16.7. The second kappa shape index (κ2) is 17.5. The highest BCUT2D eigenvalue weighted by molar-refractivity contribution is 5.85. The Labute approximate surface area is 185 Å². The molecule has 0 saturated heterocycles. The minimum absolute atomic E-state index is 0. The summed E-state index contributed by atoms with van der Waals surface area (Å²) in [5.41, 5.74) is 1.12. The minimum atomic E-state index is -0.116. The first kappa shape index (κ1) is 27.7. The van der Waals surface area contributed by atoms with Gasteiger partial charge in [0.2, 0.25) is 0 Å². The topological polar surface area (TPSA) is 26.3 Å². The van der Waals surface area contributed by atoms with Crippen LogP contribution >= 0.6 is 12.4 Å². The van der Waals surface area contributed by atoms with Gasteiger partial charge in [-0.2, -0.15) is 0 Å². The standard InChI is InChI=1S/C25H42NO2.ClH/c1-4-5-6-7-8-9-10-11-12-16-21-26(2,3)23-25(27)28-22-17-20-24-18-14-13-15-19-24;/h13-15,17-20H,4-12,16,21-23H2,1-3H3;1H/q+1;/b20-17+;. The summed E-state index contributed by atoms with van der Waals surface area (Å²) in [6, 6.07) is 10.1. The third-order valence-corrected chi connectivity index (χ3v) is 5.12.